The zero-order valence-corrected chi connectivity index (χ0v) is 15.0. The first-order valence-electron chi connectivity index (χ1n) is 8.73. The van der Waals surface area contributed by atoms with E-state index in [1.807, 2.05) is 19.0 Å². The molecule has 0 bridgehead atoms. The van der Waals surface area contributed by atoms with Gasteiger partial charge < -0.3 is 24.5 Å². The zero-order chi connectivity index (χ0) is 17.5. The summed E-state index contributed by atoms with van der Waals surface area (Å²) in [4.78, 5) is 30.4. The Morgan fingerprint density at radius 3 is 2.67 bits per heavy atom. The summed E-state index contributed by atoms with van der Waals surface area (Å²) in [7, 11) is 5.81. The first-order valence-corrected chi connectivity index (χ1v) is 8.73. The minimum absolute atomic E-state index is 0.0131. The quantitative estimate of drug-likeness (QED) is 0.753. The van der Waals surface area contributed by atoms with Crippen LogP contribution in [0.3, 0.4) is 0 Å². The predicted molar refractivity (Wildman–Crippen MR) is 88.4 cm³/mol. The Bertz CT molecular complexity index is 520. The van der Waals surface area contributed by atoms with E-state index >= 15 is 0 Å². The number of aliphatic hydroxyl groups is 1. The van der Waals surface area contributed by atoms with Crippen molar-refractivity contribution < 1.29 is 19.4 Å². The minimum atomic E-state index is -0.798. The molecule has 2 atom stereocenters. The Hall–Kier alpha value is -1.18. The molecule has 0 radical (unpaired) electrons. The van der Waals surface area contributed by atoms with Crippen LogP contribution in [0.15, 0.2) is 0 Å². The lowest BCUT2D eigenvalue weighted by molar-refractivity contribution is -0.140. The van der Waals surface area contributed by atoms with E-state index in [4.69, 9.17) is 4.74 Å². The number of hydrogen-bond donors (Lipinski definition) is 1. The number of carbonyl (C=O) groups is 2. The summed E-state index contributed by atoms with van der Waals surface area (Å²) in [5.41, 5.74) is -1.07. The number of likely N-dealkylation sites (N-methyl/N-ethyl adjacent to an activating group) is 2. The molecule has 24 heavy (non-hydrogen) atoms. The molecular formula is C17H29N3O4. The normalized spacial score (nSPS) is 33.0. The molecule has 2 heterocycles. The van der Waals surface area contributed by atoms with Crippen LogP contribution in [0.1, 0.15) is 25.7 Å². The van der Waals surface area contributed by atoms with Crippen molar-refractivity contribution in [3.63, 3.8) is 0 Å². The number of ether oxygens (including phenoxy) is 1. The van der Waals surface area contributed by atoms with Crippen LogP contribution in [0, 0.1) is 5.41 Å². The fraction of sp³-hybridized carbons (Fsp3) is 0.882. The Morgan fingerprint density at radius 1 is 1.38 bits per heavy atom. The molecule has 2 aliphatic heterocycles. The molecule has 3 aliphatic rings. The van der Waals surface area contributed by atoms with E-state index < -0.39 is 5.60 Å². The monoisotopic (exact) mass is 339 g/mol. The molecule has 2 saturated heterocycles. The lowest BCUT2D eigenvalue weighted by Crippen LogP contribution is -2.51. The van der Waals surface area contributed by atoms with Gasteiger partial charge in [-0.2, -0.15) is 0 Å². The molecule has 0 unspecified atom stereocenters. The van der Waals surface area contributed by atoms with Gasteiger partial charge in [-0.3, -0.25) is 9.59 Å². The highest BCUT2D eigenvalue weighted by Crippen LogP contribution is 2.39. The van der Waals surface area contributed by atoms with E-state index in [9.17, 15) is 14.7 Å². The van der Waals surface area contributed by atoms with E-state index in [-0.39, 0.29) is 36.3 Å². The Kier molecular flexibility index (Phi) is 4.61. The maximum atomic E-state index is 12.7. The number of hydrogen-bond acceptors (Lipinski definition) is 5. The van der Waals surface area contributed by atoms with Gasteiger partial charge >= 0.3 is 0 Å². The largest absolute Gasteiger partial charge is 0.389 e. The molecule has 3 fully saturated rings. The molecule has 1 N–H and O–H groups in total. The highest BCUT2D eigenvalue weighted by Gasteiger charge is 2.52. The second-order valence-corrected chi connectivity index (χ2v) is 8.11. The molecule has 2 amide bonds. The van der Waals surface area contributed by atoms with Crippen LogP contribution in [-0.2, 0) is 14.3 Å². The average Bonchev–Trinajstić information content (AvgIpc) is 2.78. The van der Waals surface area contributed by atoms with E-state index in [0.717, 1.165) is 19.3 Å². The van der Waals surface area contributed by atoms with E-state index in [0.29, 0.717) is 26.2 Å². The summed E-state index contributed by atoms with van der Waals surface area (Å²) >= 11 is 0. The summed E-state index contributed by atoms with van der Waals surface area (Å²) in [5, 5.41) is 10.3. The third-order valence-corrected chi connectivity index (χ3v) is 5.94. The van der Waals surface area contributed by atoms with Crippen molar-refractivity contribution in [2.24, 2.45) is 5.41 Å². The van der Waals surface area contributed by atoms with Gasteiger partial charge in [-0.15, -0.1) is 0 Å². The molecule has 136 valence electrons. The van der Waals surface area contributed by atoms with Crippen molar-refractivity contribution in [2.45, 2.75) is 37.3 Å². The number of rotatable bonds is 3. The van der Waals surface area contributed by atoms with Crippen LogP contribution in [0.2, 0.25) is 0 Å². The third kappa shape index (κ3) is 3.17. The smallest absolute Gasteiger partial charge is 0.248 e. The van der Waals surface area contributed by atoms with Gasteiger partial charge in [0.1, 0.15) is 6.61 Å². The van der Waals surface area contributed by atoms with Crippen molar-refractivity contribution in [2.75, 3.05) is 54.0 Å². The van der Waals surface area contributed by atoms with Crippen molar-refractivity contribution >= 4 is 11.8 Å². The van der Waals surface area contributed by atoms with Gasteiger partial charge in [0.15, 0.2) is 0 Å². The number of nitrogens with zero attached hydrogens (tertiary/aromatic N) is 3. The first kappa shape index (κ1) is 17.6. The molecule has 3 rings (SSSR count). The van der Waals surface area contributed by atoms with Crippen molar-refractivity contribution in [3.05, 3.63) is 0 Å². The summed E-state index contributed by atoms with van der Waals surface area (Å²) in [6, 6.07) is 0.130. The lowest BCUT2D eigenvalue weighted by atomic mass is 9.77. The number of likely N-dealkylation sites (tertiary alicyclic amines) is 1. The van der Waals surface area contributed by atoms with Crippen LogP contribution in [0.4, 0.5) is 0 Å². The minimum Gasteiger partial charge on any atom is -0.389 e. The fourth-order valence-electron chi connectivity index (χ4n) is 4.36. The van der Waals surface area contributed by atoms with Crippen molar-refractivity contribution in [3.8, 4) is 0 Å². The summed E-state index contributed by atoms with van der Waals surface area (Å²) < 4.78 is 5.65. The van der Waals surface area contributed by atoms with Gasteiger partial charge in [0.25, 0.3) is 0 Å². The van der Waals surface area contributed by atoms with Gasteiger partial charge in [-0.05, 0) is 33.4 Å². The van der Waals surface area contributed by atoms with Gasteiger partial charge in [-0.1, -0.05) is 0 Å². The van der Waals surface area contributed by atoms with Gasteiger partial charge in [0.05, 0.1) is 18.6 Å². The SMILES string of the molecule is CN1C[C@]2(COCC1=O)CN(C(=O)CC1(O)CCC1)C[C@H]2N(C)C. The second-order valence-electron chi connectivity index (χ2n) is 8.11. The average molecular weight is 339 g/mol. The molecule has 1 spiro atoms. The van der Waals surface area contributed by atoms with Crippen LogP contribution in [-0.4, -0.2) is 97.3 Å². The van der Waals surface area contributed by atoms with Gasteiger partial charge in [-0.25, -0.2) is 0 Å². The van der Waals surface area contributed by atoms with Crippen LogP contribution < -0.4 is 0 Å². The Labute approximate surface area is 143 Å². The van der Waals surface area contributed by atoms with E-state index in [1.54, 1.807) is 11.9 Å². The predicted octanol–water partition coefficient (Wildman–Crippen LogP) is -0.461. The number of amides is 2. The van der Waals surface area contributed by atoms with E-state index in [1.165, 1.54) is 0 Å². The van der Waals surface area contributed by atoms with Gasteiger partial charge in [0, 0.05) is 38.1 Å². The highest BCUT2D eigenvalue weighted by atomic mass is 16.5. The molecule has 0 aromatic heterocycles. The second kappa shape index (κ2) is 6.28. The van der Waals surface area contributed by atoms with Crippen LogP contribution in [0.5, 0.6) is 0 Å². The summed E-state index contributed by atoms with van der Waals surface area (Å²) in [5.74, 6) is -0.00270. The maximum Gasteiger partial charge on any atom is 0.248 e. The standard InChI is InChI=1S/C17H29N3O4/c1-18(2)13-8-20(14(21)7-17(23)5-4-6-17)11-16(13)10-19(3)15(22)9-24-12-16/h13,23H,4-12H2,1-3H3/t13-,16-/m1/s1. The van der Waals surface area contributed by atoms with Crippen LogP contribution >= 0.6 is 0 Å². The highest BCUT2D eigenvalue weighted by molar-refractivity contribution is 5.79. The maximum absolute atomic E-state index is 12.7. The lowest BCUT2D eigenvalue weighted by Gasteiger charge is -2.38. The number of carbonyl (C=O) groups excluding carboxylic acids is 2. The summed E-state index contributed by atoms with van der Waals surface area (Å²) in [6.07, 6.45) is 2.64. The molecule has 1 aliphatic carbocycles. The molecular weight excluding hydrogens is 310 g/mol. The van der Waals surface area contributed by atoms with Crippen molar-refractivity contribution in [1.82, 2.24) is 14.7 Å². The third-order valence-electron chi connectivity index (χ3n) is 5.94. The molecule has 0 aromatic rings. The summed E-state index contributed by atoms with van der Waals surface area (Å²) in [6.45, 7) is 2.35. The zero-order valence-electron chi connectivity index (χ0n) is 15.0. The molecule has 7 heteroatoms. The molecule has 1 saturated carbocycles. The van der Waals surface area contributed by atoms with Gasteiger partial charge in [0.2, 0.25) is 11.8 Å². The van der Waals surface area contributed by atoms with Crippen molar-refractivity contribution in [1.29, 1.82) is 0 Å². The Morgan fingerprint density at radius 2 is 2.08 bits per heavy atom. The molecule has 0 aromatic carbocycles. The fourth-order valence-corrected chi connectivity index (χ4v) is 4.36. The first-order chi connectivity index (χ1) is 11.2. The topological polar surface area (TPSA) is 73.3 Å². The van der Waals surface area contributed by atoms with Crippen LogP contribution in [0.25, 0.3) is 0 Å². The van der Waals surface area contributed by atoms with E-state index in [2.05, 4.69) is 4.90 Å². The Balaban J connectivity index is 1.76. The molecule has 7 nitrogen and oxygen atoms in total.